The molecule has 1 aromatic rings. The van der Waals surface area contributed by atoms with Crippen molar-refractivity contribution in [2.45, 2.75) is 45.7 Å². The third kappa shape index (κ3) is 4.45. The number of benzene rings is 1. The fourth-order valence-electron chi connectivity index (χ4n) is 3.31. The van der Waals surface area contributed by atoms with E-state index in [2.05, 4.69) is 49.2 Å². The summed E-state index contributed by atoms with van der Waals surface area (Å²) in [5.74, 6) is 1.73. The number of piperidine rings is 1. The molecule has 118 valence electrons. The van der Waals surface area contributed by atoms with Crippen LogP contribution in [-0.4, -0.2) is 37.7 Å². The van der Waals surface area contributed by atoms with Crippen LogP contribution >= 0.6 is 0 Å². The van der Waals surface area contributed by atoms with E-state index in [9.17, 15) is 0 Å². The Balaban J connectivity index is 1.88. The molecule has 0 aliphatic carbocycles. The van der Waals surface area contributed by atoms with E-state index in [1.807, 2.05) is 6.07 Å². The topological polar surface area (TPSA) is 24.5 Å². The van der Waals surface area contributed by atoms with Gasteiger partial charge in [-0.1, -0.05) is 19.1 Å². The van der Waals surface area contributed by atoms with Crippen LogP contribution in [0.4, 0.5) is 0 Å². The van der Waals surface area contributed by atoms with Crippen LogP contribution in [0.1, 0.15) is 45.2 Å². The molecule has 0 radical (unpaired) electrons. The molecule has 3 heteroatoms. The molecule has 0 bridgehead atoms. The summed E-state index contributed by atoms with van der Waals surface area (Å²) in [7, 11) is 1.72. The number of nitrogens with one attached hydrogen (secondary N) is 1. The summed E-state index contributed by atoms with van der Waals surface area (Å²) in [6.07, 6.45) is 2.62. The van der Waals surface area contributed by atoms with Gasteiger partial charge in [0.2, 0.25) is 0 Å². The fraction of sp³-hybridized carbons (Fsp3) is 0.667. The molecule has 1 fully saturated rings. The van der Waals surface area contributed by atoms with Crippen molar-refractivity contribution < 1.29 is 4.74 Å². The van der Waals surface area contributed by atoms with E-state index < -0.39 is 0 Å². The quantitative estimate of drug-likeness (QED) is 0.868. The fourth-order valence-corrected chi connectivity index (χ4v) is 3.31. The van der Waals surface area contributed by atoms with Gasteiger partial charge < -0.3 is 15.0 Å². The molecule has 0 saturated carbocycles. The smallest absolute Gasteiger partial charge is 0.119 e. The summed E-state index contributed by atoms with van der Waals surface area (Å²) in [6.45, 7) is 10.5. The molecule has 1 unspecified atom stereocenters. The number of rotatable bonds is 6. The van der Waals surface area contributed by atoms with Crippen LogP contribution < -0.4 is 10.1 Å². The second-order valence-corrected chi connectivity index (χ2v) is 6.23. The lowest BCUT2D eigenvalue weighted by Crippen LogP contribution is -2.42. The van der Waals surface area contributed by atoms with Crippen LogP contribution in [0.15, 0.2) is 24.3 Å². The zero-order valence-corrected chi connectivity index (χ0v) is 13.9. The SMILES string of the molecule is CCN1CCC(C(C)N[C@H](C)c2cccc(OC)c2)CC1. The highest BCUT2D eigenvalue weighted by Gasteiger charge is 2.24. The molecule has 0 amide bonds. The molecule has 1 saturated heterocycles. The predicted molar refractivity (Wildman–Crippen MR) is 88.8 cm³/mol. The molecule has 1 aliphatic rings. The molecule has 0 aromatic heterocycles. The van der Waals surface area contributed by atoms with Gasteiger partial charge in [-0.05, 0) is 69.9 Å². The molecule has 2 rings (SSSR count). The van der Waals surface area contributed by atoms with E-state index in [4.69, 9.17) is 4.74 Å². The van der Waals surface area contributed by atoms with Gasteiger partial charge in [-0.3, -0.25) is 0 Å². The Labute approximate surface area is 129 Å². The zero-order valence-electron chi connectivity index (χ0n) is 13.9. The third-order valence-electron chi connectivity index (χ3n) is 4.89. The van der Waals surface area contributed by atoms with Crippen LogP contribution in [0.25, 0.3) is 0 Å². The van der Waals surface area contributed by atoms with Crippen LogP contribution in [0.2, 0.25) is 0 Å². The van der Waals surface area contributed by atoms with Crippen LogP contribution in [0.3, 0.4) is 0 Å². The third-order valence-corrected chi connectivity index (χ3v) is 4.89. The lowest BCUT2D eigenvalue weighted by atomic mass is 9.89. The van der Waals surface area contributed by atoms with E-state index >= 15 is 0 Å². The highest BCUT2D eigenvalue weighted by Crippen LogP contribution is 2.24. The van der Waals surface area contributed by atoms with Gasteiger partial charge in [-0.2, -0.15) is 0 Å². The minimum atomic E-state index is 0.360. The minimum absolute atomic E-state index is 0.360. The molecule has 1 N–H and O–H groups in total. The summed E-state index contributed by atoms with van der Waals surface area (Å²) in [4.78, 5) is 2.55. The average Bonchev–Trinajstić information content (AvgIpc) is 2.54. The molecule has 0 spiro atoms. The van der Waals surface area contributed by atoms with Gasteiger partial charge in [0.25, 0.3) is 0 Å². The molecule has 21 heavy (non-hydrogen) atoms. The molecule has 1 heterocycles. The zero-order chi connectivity index (χ0) is 15.2. The van der Waals surface area contributed by atoms with Gasteiger partial charge in [0.15, 0.2) is 0 Å². The first-order valence-corrected chi connectivity index (χ1v) is 8.26. The van der Waals surface area contributed by atoms with E-state index in [1.165, 1.54) is 38.0 Å². The number of hydrogen-bond acceptors (Lipinski definition) is 3. The standard InChI is InChI=1S/C18H30N2O/c1-5-20-11-9-16(10-12-20)14(2)19-15(3)17-7-6-8-18(13-17)21-4/h6-8,13-16,19H,5,9-12H2,1-4H3/t14?,15-/m1/s1. The first-order chi connectivity index (χ1) is 10.1. The Hall–Kier alpha value is -1.06. The van der Waals surface area contributed by atoms with Crippen molar-refractivity contribution >= 4 is 0 Å². The van der Waals surface area contributed by atoms with Crippen molar-refractivity contribution in [1.82, 2.24) is 10.2 Å². The summed E-state index contributed by atoms with van der Waals surface area (Å²) >= 11 is 0. The highest BCUT2D eigenvalue weighted by atomic mass is 16.5. The van der Waals surface area contributed by atoms with E-state index in [-0.39, 0.29) is 0 Å². The van der Waals surface area contributed by atoms with Crippen molar-refractivity contribution in [2.75, 3.05) is 26.7 Å². The largest absolute Gasteiger partial charge is 0.497 e. The van der Waals surface area contributed by atoms with Gasteiger partial charge in [0.05, 0.1) is 7.11 Å². The number of likely N-dealkylation sites (tertiary alicyclic amines) is 1. The lowest BCUT2D eigenvalue weighted by molar-refractivity contribution is 0.165. The number of hydrogen-bond donors (Lipinski definition) is 1. The van der Waals surface area contributed by atoms with Gasteiger partial charge in [-0.25, -0.2) is 0 Å². The second-order valence-electron chi connectivity index (χ2n) is 6.23. The van der Waals surface area contributed by atoms with Crippen molar-refractivity contribution in [1.29, 1.82) is 0 Å². The van der Waals surface area contributed by atoms with Gasteiger partial charge in [0, 0.05) is 12.1 Å². The van der Waals surface area contributed by atoms with Crippen molar-refractivity contribution in [3.63, 3.8) is 0 Å². The summed E-state index contributed by atoms with van der Waals surface area (Å²) < 4.78 is 5.32. The van der Waals surface area contributed by atoms with Crippen LogP contribution in [0, 0.1) is 5.92 Å². The van der Waals surface area contributed by atoms with Crippen molar-refractivity contribution in [2.24, 2.45) is 5.92 Å². The maximum absolute atomic E-state index is 5.32. The monoisotopic (exact) mass is 290 g/mol. The first-order valence-electron chi connectivity index (χ1n) is 8.26. The Morgan fingerprint density at radius 3 is 2.62 bits per heavy atom. The van der Waals surface area contributed by atoms with Crippen molar-refractivity contribution in [3.8, 4) is 5.75 Å². The maximum Gasteiger partial charge on any atom is 0.119 e. The van der Waals surface area contributed by atoms with Gasteiger partial charge in [-0.15, -0.1) is 0 Å². The van der Waals surface area contributed by atoms with E-state index in [0.717, 1.165) is 11.7 Å². The molecule has 3 nitrogen and oxygen atoms in total. The first kappa shape index (κ1) is 16.3. The maximum atomic E-state index is 5.32. The van der Waals surface area contributed by atoms with Crippen molar-refractivity contribution in [3.05, 3.63) is 29.8 Å². The number of ether oxygens (including phenoxy) is 1. The Morgan fingerprint density at radius 2 is 2.00 bits per heavy atom. The van der Waals surface area contributed by atoms with Crippen LogP contribution in [0.5, 0.6) is 5.75 Å². The van der Waals surface area contributed by atoms with E-state index in [0.29, 0.717) is 12.1 Å². The molecular formula is C18H30N2O. The summed E-state index contributed by atoms with van der Waals surface area (Å²) in [6, 6.07) is 9.29. The normalized spacial score (nSPS) is 20.2. The van der Waals surface area contributed by atoms with Gasteiger partial charge >= 0.3 is 0 Å². The molecule has 2 atom stereocenters. The van der Waals surface area contributed by atoms with E-state index in [1.54, 1.807) is 7.11 Å². The molecule has 1 aromatic carbocycles. The predicted octanol–water partition coefficient (Wildman–Crippen LogP) is 3.47. The Bertz CT molecular complexity index is 427. The summed E-state index contributed by atoms with van der Waals surface area (Å²) in [5.41, 5.74) is 1.30. The minimum Gasteiger partial charge on any atom is -0.497 e. The summed E-state index contributed by atoms with van der Waals surface area (Å²) in [5, 5.41) is 3.78. The van der Waals surface area contributed by atoms with Crippen LogP contribution in [-0.2, 0) is 0 Å². The highest BCUT2D eigenvalue weighted by molar-refractivity contribution is 5.30. The van der Waals surface area contributed by atoms with Gasteiger partial charge in [0.1, 0.15) is 5.75 Å². The Morgan fingerprint density at radius 1 is 1.29 bits per heavy atom. The lowest BCUT2D eigenvalue weighted by Gasteiger charge is -2.35. The number of methoxy groups -OCH3 is 1. The molecular weight excluding hydrogens is 260 g/mol. The number of nitrogens with zero attached hydrogens (tertiary/aromatic N) is 1. The average molecular weight is 290 g/mol. The Kier molecular flexibility index (Phi) is 6.07. The molecule has 1 aliphatic heterocycles. The second kappa shape index (κ2) is 7.81.